The molecule has 2 unspecified atom stereocenters. The molecule has 0 aliphatic rings. The topological polar surface area (TPSA) is 49.8 Å². The Morgan fingerprint density at radius 3 is 2.20 bits per heavy atom. The van der Waals surface area contributed by atoms with Gasteiger partial charge >= 0.3 is 0 Å². The average molecular weight is 361 g/mol. The van der Waals surface area contributed by atoms with Crippen LogP contribution in [0.4, 0.5) is 5.69 Å². The standard InChI is InChI=1S/C20H28NO3P/c1-5-6-15-24-25(23,19-13-11-18(12-14-19)21(3)4)20(22)17-9-7-16(2)8-10-17/h7-14,20,22H,5-6,15H2,1-4H3. The maximum Gasteiger partial charge on any atom is 0.264 e. The van der Waals surface area contributed by atoms with E-state index < -0.39 is 13.2 Å². The van der Waals surface area contributed by atoms with Crippen LogP contribution in [-0.4, -0.2) is 25.8 Å². The smallest absolute Gasteiger partial charge is 0.264 e. The van der Waals surface area contributed by atoms with Crippen molar-refractivity contribution in [3.63, 3.8) is 0 Å². The lowest BCUT2D eigenvalue weighted by Crippen LogP contribution is -2.16. The monoisotopic (exact) mass is 361 g/mol. The van der Waals surface area contributed by atoms with E-state index in [1.165, 1.54) is 0 Å². The normalized spacial score (nSPS) is 14.8. The van der Waals surface area contributed by atoms with Crippen LogP contribution in [0, 0.1) is 6.92 Å². The van der Waals surface area contributed by atoms with Crippen LogP contribution in [0.2, 0.25) is 0 Å². The van der Waals surface area contributed by atoms with Crippen molar-refractivity contribution in [2.75, 3.05) is 25.6 Å². The van der Waals surface area contributed by atoms with Gasteiger partial charge in [0.25, 0.3) is 7.37 Å². The van der Waals surface area contributed by atoms with Crippen molar-refractivity contribution in [3.8, 4) is 0 Å². The summed E-state index contributed by atoms with van der Waals surface area (Å²) < 4.78 is 19.5. The summed E-state index contributed by atoms with van der Waals surface area (Å²) in [6.07, 6.45) is 1.75. The molecule has 0 spiro atoms. The van der Waals surface area contributed by atoms with Gasteiger partial charge in [0.05, 0.1) is 6.61 Å². The van der Waals surface area contributed by atoms with Crippen LogP contribution in [0.1, 0.15) is 36.7 Å². The first-order chi connectivity index (χ1) is 11.9. The van der Waals surface area contributed by atoms with Crippen molar-refractivity contribution in [2.45, 2.75) is 32.5 Å². The molecule has 0 saturated heterocycles. The number of rotatable bonds is 8. The van der Waals surface area contributed by atoms with E-state index in [0.717, 1.165) is 24.1 Å². The van der Waals surface area contributed by atoms with E-state index in [1.807, 2.05) is 62.3 Å². The number of nitrogens with zero attached hydrogens (tertiary/aromatic N) is 1. The molecule has 136 valence electrons. The first kappa shape index (κ1) is 19.7. The second kappa shape index (κ2) is 8.66. The molecule has 2 aromatic carbocycles. The summed E-state index contributed by atoms with van der Waals surface area (Å²) in [5, 5.41) is 11.4. The van der Waals surface area contributed by atoms with Gasteiger partial charge < -0.3 is 14.5 Å². The van der Waals surface area contributed by atoms with Gasteiger partial charge in [-0.25, -0.2) is 0 Å². The lowest BCUT2D eigenvalue weighted by Gasteiger charge is -2.25. The third kappa shape index (κ3) is 4.72. The highest BCUT2D eigenvalue weighted by Crippen LogP contribution is 2.57. The number of unbranched alkanes of at least 4 members (excludes halogenated alkanes) is 1. The molecule has 1 N–H and O–H groups in total. The van der Waals surface area contributed by atoms with Gasteiger partial charge in [-0.1, -0.05) is 43.2 Å². The predicted molar refractivity (Wildman–Crippen MR) is 105 cm³/mol. The van der Waals surface area contributed by atoms with Crippen LogP contribution in [0.3, 0.4) is 0 Å². The molecule has 0 aromatic heterocycles. The number of aryl methyl sites for hydroxylation is 1. The molecule has 0 amide bonds. The fourth-order valence-corrected chi connectivity index (χ4v) is 4.63. The van der Waals surface area contributed by atoms with Crippen molar-refractivity contribution in [1.29, 1.82) is 0 Å². The van der Waals surface area contributed by atoms with Gasteiger partial charge in [0, 0.05) is 25.1 Å². The second-order valence-corrected chi connectivity index (χ2v) is 8.94. The maximum atomic E-state index is 13.7. The van der Waals surface area contributed by atoms with E-state index in [-0.39, 0.29) is 0 Å². The molecule has 25 heavy (non-hydrogen) atoms. The van der Waals surface area contributed by atoms with E-state index in [0.29, 0.717) is 17.5 Å². The molecule has 0 heterocycles. The molecule has 0 aliphatic heterocycles. The van der Waals surface area contributed by atoms with Gasteiger partial charge in [-0.2, -0.15) is 0 Å². The van der Waals surface area contributed by atoms with Crippen molar-refractivity contribution in [2.24, 2.45) is 0 Å². The Morgan fingerprint density at radius 2 is 1.68 bits per heavy atom. The molecule has 2 atom stereocenters. The molecule has 2 rings (SSSR count). The third-order valence-electron chi connectivity index (χ3n) is 4.20. The molecule has 5 heteroatoms. The lowest BCUT2D eigenvalue weighted by atomic mass is 10.2. The van der Waals surface area contributed by atoms with Crippen molar-refractivity contribution in [3.05, 3.63) is 59.7 Å². The van der Waals surface area contributed by atoms with Crippen LogP contribution in [0.15, 0.2) is 48.5 Å². The fraction of sp³-hybridized carbons (Fsp3) is 0.400. The van der Waals surface area contributed by atoms with E-state index in [2.05, 4.69) is 6.92 Å². The number of hydrogen-bond acceptors (Lipinski definition) is 4. The Hall–Kier alpha value is -1.61. The summed E-state index contributed by atoms with van der Waals surface area (Å²) in [4.78, 5) is 1.98. The molecule has 0 saturated carbocycles. The SMILES string of the molecule is CCCCOP(=O)(c1ccc(N(C)C)cc1)C(O)c1ccc(C)cc1. The molecule has 4 nitrogen and oxygen atoms in total. The van der Waals surface area contributed by atoms with E-state index in [9.17, 15) is 9.67 Å². The van der Waals surface area contributed by atoms with Crippen molar-refractivity contribution >= 4 is 18.4 Å². The third-order valence-corrected chi connectivity index (χ3v) is 6.73. The first-order valence-corrected chi connectivity index (χ1v) is 10.3. The van der Waals surface area contributed by atoms with Crippen molar-refractivity contribution in [1.82, 2.24) is 0 Å². The highest BCUT2D eigenvalue weighted by Gasteiger charge is 2.36. The number of anilines is 1. The van der Waals surface area contributed by atoms with Gasteiger partial charge in [-0.15, -0.1) is 0 Å². The minimum atomic E-state index is -3.44. The summed E-state index contributed by atoms with van der Waals surface area (Å²) in [7, 11) is 0.461. The summed E-state index contributed by atoms with van der Waals surface area (Å²) >= 11 is 0. The molecule has 0 radical (unpaired) electrons. The van der Waals surface area contributed by atoms with E-state index in [4.69, 9.17) is 4.52 Å². The molecule has 2 aromatic rings. The fourth-order valence-electron chi connectivity index (χ4n) is 2.52. The zero-order valence-corrected chi connectivity index (χ0v) is 16.4. The molecule has 0 fully saturated rings. The van der Waals surface area contributed by atoms with Gasteiger partial charge in [-0.3, -0.25) is 4.57 Å². The number of aliphatic hydroxyl groups excluding tert-OH is 1. The summed E-state index contributed by atoms with van der Waals surface area (Å²) in [6.45, 7) is 4.40. The summed E-state index contributed by atoms with van der Waals surface area (Å²) in [5.74, 6) is -1.17. The Kier molecular flexibility index (Phi) is 6.83. The quantitative estimate of drug-likeness (QED) is 0.557. The van der Waals surface area contributed by atoms with Crippen LogP contribution in [-0.2, 0) is 9.09 Å². The van der Waals surface area contributed by atoms with Crippen LogP contribution in [0.25, 0.3) is 0 Å². The summed E-state index contributed by atoms with van der Waals surface area (Å²) in [5.41, 5.74) is 2.71. The number of benzene rings is 2. The Morgan fingerprint density at radius 1 is 1.08 bits per heavy atom. The van der Waals surface area contributed by atoms with Crippen LogP contribution in [0.5, 0.6) is 0 Å². The van der Waals surface area contributed by atoms with Gasteiger partial charge in [0.2, 0.25) is 0 Å². The van der Waals surface area contributed by atoms with Crippen LogP contribution >= 0.6 is 7.37 Å². The number of aliphatic hydroxyl groups is 1. The predicted octanol–water partition coefficient (Wildman–Crippen LogP) is 4.47. The van der Waals surface area contributed by atoms with Gasteiger partial charge in [0.15, 0.2) is 5.85 Å². The lowest BCUT2D eigenvalue weighted by molar-refractivity contribution is 0.213. The first-order valence-electron chi connectivity index (χ1n) is 8.65. The average Bonchev–Trinajstić information content (AvgIpc) is 2.62. The Labute approximate surface area is 150 Å². The zero-order valence-electron chi connectivity index (χ0n) is 15.5. The highest BCUT2D eigenvalue weighted by atomic mass is 31.2. The largest absolute Gasteiger partial charge is 0.378 e. The Bertz CT molecular complexity index is 711. The minimum absolute atomic E-state index is 0.367. The van der Waals surface area contributed by atoms with E-state index in [1.54, 1.807) is 12.1 Å². The highest BCUT2D eigenvalue weighted by molar-refractivity contribution is 7.67. The number of hydrogen-bond donors (Lipinski definition) is 1. The maximum absolute atomic E-state index is 13.7. The Balaban J connectivity index is 2.38. The zero-order chi connectivity index (χ0) is 18.4. The van der Waals surface area contributed by atoms with Gasteiger partial charge in [0.1, 0.15) is 0 Å². The summed E-state index contributed by atoms with van der Waals surface area (Å²) in [6, 6.07) is 14.8. The van der Waals surface area contributed by atoms with Crippen molar-refractivity contribution < 1.29 is 14.2 Å². The molecule has 0 bridgehead atoms. The van der Waals surface area contributed by atoms with Gasteiger partial charge in [-0.05, 0) is 43.2 Å². The molecular formula is C20H28NO3P. The van der Waals surface area contributed by atoms with Crippen LogP contribution < -0.4 is 10.2 Å². The minimum Gasteiger partial charge on any atom is -0.378 e. The molecular weight excluding hydrogens is 333 g/mol. The second-order valence-electron chi connectivity index (χ2n) is 6.48. The molecule has 0 aliphatic carbocycles. The van der Waals surface area contributed by atoms with E-state index >= 15 is 0 Å².